The average Bonchev–Trinajstić information content (AvgIpc) is 2.96. The topological polar surface area (TPSA) is 47.3 Å². The van der Waals surface area contributed by atoms with Gasteiger partial charge in [0, 0.05) is 10.8 Å². The number of hydrogen-bond donors (Lipinski definition) is 2. The van der Waals surface area contributed by atoms with Crippen molar-refractivity contribution in [2.24, 2.45) is 11.8 Å². The van der Waals surface area contributed by atoms with Gasteiger partial charge < -0.3 is 4.74 Å². The van der Waals surface area contributed by atoms with E-state index < -0.39 is 0 Å². The number of ether oxygens (including phenoxy) is 1. The first kappa shape index (κ1) is 10.7. The highest BCUT2D eigenvalue weighted by Crippen LogP contribution is 2.44. The van der Waals surface area contributed by atoms with E-state index in [1.165, 1.54) is 23.3 Å². The highest BCUT2D eigenvalue weighted by Gasteiger charge is 2.44. The van der Waals surface area contributed by atoms with Gasteiger partial charge in [-0.3, -0.25) is 11.3 Å². The second-order valence-corrected chi connectivity index (χ2v) is 6.02. The highest BCUT2D eigenvalue weighted by molar-refractivity contribution is 7.10. The SMILES string of the molecule is Cc1cc(C(NN)C2CC3CCC2O3)cs1. The number of hydrogen-bond acceptors (Lipinski definition) is 4. The van der Waals surface area contributed by atoms with Crippen molar-refractivity contribution >= 4 is 11.3 Å². The fourth-order valence-electron chi connectivity index (χ4n) is 3.12. The summed E-state index contributed by atoms with van der Waals surface area (Å²) in [5, 5.41) is 2.21. The molecular weight excluding hydrogens is 220 g/mol. The molecule has 2 saturated heterocycles. The van der Waals surface area contributed by atoms with Crippen LogP contribution in [0.5, 0.6) is 0 Å². The monoisotopic (exact) mass is 238 g/mol. The molecule has 1 aromatic heterocycles. The summed E-state index contributed by atoms with van der Waals surface area (Å²) in [5.41, 5.74) is 4.31. The van der Waals surface area contributed by atoms with Crippen molar-refractivity contribution in [3.63, 3.8) is 0 Å². The number of nitrogens with two attached hydrogens (primary N) is 1. The summed E-state index contributed by atoms with van der Waals surface area (Å²) in [6.07, 6.45) is 4.52. The third-order valence-electron chi connectivity index (χ3n) is 3.87. The van der Waals surface area contributed by atoms with E-state index in [0.717, 1.165) is 6.42 Å². The summed E-state index contributed by atoms with van der Waals surface area (Å²) in [4.78, 5) is 1.35. The lowest BCUT2D eigenvalue weighted by atomic mass is 9.82. The van der Waals surface area contributed by atoms with E-state index in [-0.39, 0.29) is 6.04 Å². The first-order valence-electron chi connectivity index (χ1n) is 5.94. The fourth-order valence-corrected chi connectivity index (χ4v) is 3.86. The number of nitrogens with one attached hydrogen (secondary N) is 1. The number of rotatable bonds is 3. The maximum Gasteiger partial charge on any atom is 0.0627 e. The Morgan fingerprint density at radius 2 is 2.44 bits per heavy atom. The number of aryl methyl sites for hydroxylation is 1. The molecule has 2 aliphatic heterocycles. The molecule has 4 heteroatoms. The summed E-state index contributed by atoms with van der Waals surface area (Å²) >= 11 is 1.79. The third-order valence-corrected chi connectivity index (χ3v) is 4.75. The molecule has 16 heavy (non-hydrogen) atoms. The molecule has 3 heterocycles. The Kier molecular flexibility index (Phi) is 2.75. The van der Waals surface area contributed by atoms with E-state index in [1.807, 2.05) is 0 Å². The fraction of sp³-hybridized carbons (Fsp3) is 0.667. The van der Waals surface area contributed by atoms with Gasteiger partial charge in [0.15, 0.2) is 0 Å². The number of thiophene rings is 1. The summed E-state index contributed by atoms with van der Waals surface area (Å²) in [6, 6.07) is 2.50. The third kappa shape index (κ3) is 1.70. The van der Waals surface area contributed by atoms with Crippen LogP contribution in [0, 0.1) is 12.8 Å². The molecule has 0 amide bonds. The lowest BCUT2D eigenvalue weighted by Crippen LogP contribution is -2.37. The summed E-state index contributed by atoms with van der Waals surface area (Å²) in [5.74, 6) is 6.28. The van der Waals surface area contributed by atoms with Crippen molar-refractivity contribution in [1.29, 1.82) is 0 Å². The van der Waals surface area contributed by atoms with Crippen molar-refractivity contribution < 1.29 is 4.74 Å². The first-order chi connectivity index (χ1) is 7.78. The zero-order chi connectivity index (χ0) is 11.1. The van der Waals surface area contributed by atoms with E-state index in [9.17, 15) is 0 Å². The molecule has 4 unspecified atom stereocenters. The Morgan fingerprint density at radius 3 is 2.94 bits per heavy atom. The van der Waals surface area contributed by atoms with E-state index >= 15 is 0 Å². The van der Waals surface area contributed by atoms with Crippen LogP contribution in [0.1, 0.15) is 35.7 Å². The van der Waals surface area contributed by atoms with Gasteiger partial charge in [-0.1, -0.05) is 0 Å². The predicted molar refractivity (Wildman–Crippen MR) is 65.1 cm³/mol. The number of hydrazine groups is 1. The molecule has 2 fully saturated rings. The van der Waals surface area contributed by atoms with Gasteiger partial charge in [-0.2, -0.15) is 0 Å². The van der Waals surface area contributed by atoms with Gasteiger partial charge in [0.2, 0.25) is 0 Å². The summed E-state index contributed by atoms with van der Waals surface area (Å²) in [7, 11) is 0. The van der Waals surface area contributed by atoms with Gasteiger partial charge >= 0.3 is 0 Å². The Hall–Kier alpha value is -0.420. The van der Waals surface area contributed by atoms with Crippen LogP contribution in [0.25, 0.3) is 0 Å². The molecule has 3 rings (SSSR count). The second kappa shape index (κ2) is 4.11. The highest BCUT2D eigenvalue weighted by atomic mass is 32.1. The molecule has 0 spiro atoms. The van der Waals surface area contributed by atoms with Crippen LogP contribution < -0.4 is 11.3 Å². The predicted octanol–water partition coefficient (Wildman–Crippen LogP) is 2.13. The molecular formula is C12H18N2OS. The maximum atomic E-state index is 5.90. The minimum atomic E-state index is 0.264. The van der Waals surface area contributed by atoms with Gasteiger partial charge in [-0.15, -0.1) is 11.3 Å². The van der Waals surface area contributed by atoms with Gasteiger partial charge in [-0.25, -0.2) is 0 Å². The minimum Gasteiger partial charge on any atom is -0.375 e. The molecule has 4 atom stereocenters. The molecule has 2 aliphatic rings. The Morgan fingerprint density at radius 1 is 1.56 bits per heavy atom. The largest absolute Gasteiger partial charge is 0.375 e. The number of fused-ring (bicyclic) bond motifs is 2. The van der Waals surface area contributed by atoms with Crippen LogP contribution in [0.2, 0.25) is 0 Å². The molecule has 0 aromatic carbocycles. The van der Waals surface area contributed by atoms with E-state index in [2.05, 4.69) is 23.8 Å². The van der Waals surface area contributed by atoms with Gasteiger partial charge in [0.25, 0.3) is 0 Å². The Labute approximate surface area is 100.0 Å². The van der Waals surface area contributed by atoms with Crippen LogP contribution in [-0.2, 0) is 4.74 Å². The summed E-state index contributed by atoms with van der Waals surface area (Å²) < 4.78 is 5.90. The Balaban J connectivity index is 1.81. The second-order valence-electron chi connectivity index (χ2n) is 4.91. The summed E-state index contributed by atoms with van der Waals surface area (Å²) in [6.45, 7) is 2.14. The molecule has 0 radical (unpaired) electrons. The van der Waals surface area contributed by atoms with Crippen molar-refractivity contribution in [2.45, 2.75) is 44.4 Å². The average molecular weight is 238 g/mol. The van der Waals surface area contributed by atoms with Crippen molar-refractivity contribution in [3.05, 3.63) is 21.9 Å². The molecule has 3 N–H and O–H groups in total. The standard InChI is InChI=1S/C12H18N2OS/c1-7-4-8(6-16-7)12(14-13)10-5-9-2-3-11(10)15-9/h4,6,9-12,14H,2-3,5,13H2,1H3. The van der Waals surface area contributed by atoms with E-state index in [0.29, 0.717) is 18.1 Å². The molecule has 1 aromatic rings. The van der Waals surface area contributed by atoms with Crippen molar-refractivity contribution in [3.8, 4) is 0 Å². The molecule has 0 aliphatic carbocycles. The zero-order valence-electron chi connectivity index (χ0n) is 9.48. The van der Waals surface area contributed by atoms with Crippen molar-refractivity contribution in [1.82, 2.24) is 5.43 Å². The Bertz CT molecular complexity index is 379. The normalized spacial score (nSPS) is 34.5. The van der Waals surface area contributed by atoms with Gasteiger partial charge in [-0.05, 0) is 43.2 Å². The smallest absolute Gasteiger partial charge is 0.0627 e. The molecule has 0 saturated carbocycles. The quantitative estimate of drug-likeness (QED) is 0.626. The lowest BCUT2D eigenvalue weighted by Gasteiger charge is -2.27. The van der Waals surface area contributed by atoms with Crippen LogP contribution >= 0.6 is 11.3 Å². The molecule has 88 valence electrons. The van der Waals surface area contributed by atoms with Crippen LogP contribution in [-0.4, -0.2) is 12.2 Å². The first-order valence-corrected chi connectivity index (χ1v) is 6.82. The van der Waals surface area contributed by atoms with Gasteiger partial charge in [0.05, 0.1) is 18.2 Å². The zero-order valence-corrected chi connectivity index (χ0v) is 10.3. The van der Waals surface area contributed by atoms with E-state index in [1.54, 1.807) is 11.3 Å². The minimum absolute atomic E-state index is 0.264. The van der Waals surface area contributed by atoms with Crippen LogP contribution in [0.15, 0.2) is 11.4 Å². The van der Waals surface area contributed by atoms with Crippen LogP contribution in [0.4, 0.5) is 0 Å². The lowest BCUT2D eigenvalue weighted by molar-refractivity contribution is 0.0857. The van der Waals surface area contributed by atoms with Crippen molar-refractivity contribution in [2.75, 3.05) is 0 Å². The molecule has 3 nitrogen and oxygen atoms in total. The van der Waals surface area contributed by atoms with Gasteiger partial charge in [0.1, 0.15) is 0 Å². The van der Waals surface area contributed by atoms with E-state index in [4.69, 9.17) is 10.6 Å². The molecule has 2 bridgehead atoms. The van der Waals surface area contributed by atoms with Crippen LogP contribution in [0.3, 0.4) is 0 Å². The maximum absolute atomic E-state index is 5.90.